The van der Waals surface area contributed by atoms with Crippen LogP contribution < -0.4 is 10.6 Å². The Balaban J connectivity index is 0.00000264. The second-order valence-corrected chi connectivity index (χ2v) is 5.70. The SMILES string of the molecule is CC1CCNCC1NC(=O)CCC(=O)c1ccc(F)c(F)c1.Cl. The van der Waals surface area contributed by atoms with E-state index in [4.69, 9.17) is 0 Å². The average molecular weight is 347 g/mol. The molecule has 0 saturated carbocycles. The smallest absolute Gasteiger partial charge is 0.220 e. The lowest BCUT2D eigenvalue weighted by Crippen LogP contribution is -2.50. The maximum atomic E-state index is 13.1. The molecule has 1 aliphatic rings. The molecule has 0 aliphatic carbocycles. The summed E-state index contributed by atoms with van der Waals surface area (Å²) in [6.07, 6.45) is 1.02. The van der Waals surface area contributed by atoms with Crippen molar-refractivity contribution in [1.82, 2.24) is 10.6 Å². The van der Waals surface area contributed by atoms with Crippen molar-refractivity contribution in [3.63, 3.8) is 0 Å². The van der Waals surface area contributed by atoms with Crippen molar-refractivity contribution in [3.05, 3.63) is 35.4 Å². The van der Waals surface area contributed by atoms with Crippen LogP contribution in [-0.2, 0) is 4.79 Å². The van der Waals surface area contributed by atoms with Gasteiger partial charge in [0.05, 0.1) is 0 Å². The van der Waals surface area contributed by atoms with Gasteiger partial charge in [-0.1, -0.05) is 6.92 Å². The van der Waals surface area contributed by atoms with Gasteiger partial charge in [-0.3, -0.25) is 9.59 Å². The largest absolute Gasteiger partial charge is 0.352 e. The van der Waals surface area contributed by atoms with Crippen LogP contribution in [0.1, 0.15) is 36.5 Å². The van der Waals surface area contributed by atoms with Gasteiger partial charge in [0.15, 0.2) is 17.4 Å². The number of piperidine rings is 1. The van der Waals surface area contributed by atoms with E-state index >= 15 is 0 Å². The van der Waals surface area contributed by atoms with Crippen molar-refractivity contribution >= 4 is 24.1 Å². The maximum absolute atomic E-state index is 13.1. The minimum atomic E-state index is -1.06. The Kier molecular flexibility index (Phi) is 7.58. The Hall–Kier alpha value is -1.53. The number of carbonyl (C=O) groups is 2. The quantitative estimate of drug-likeness (QED) is 0.805. The van der Waals surface area contributed by atoms with Crippen molar-refractivity contribution in [1.29, 1.82) is 0 Å². The first-order chi connectivity index (χ1) is 10.5. The number of rotatable bonds is 5. The zero-order valence-corrected chi connectivity index (χ0v) is 13.7. The first-order valence-electron chi connectivity index (χ1n) is 7.45. The molecule has 2 unspecified atom stereocenters. The summed E-state index contributed by atoms with van der Waals surface area (Å²) in [4.78, 5) is 23.8. The van der Waals surface area contributed by atoms with Gasteiger partial charge in [-0.2, -0.15) is 0 Å². The first-order valence-corrected chi connectivity index (χ1v) is 7.45. The van der Waals surface area contributed by atoms with Crippen LogP contribution in [0, 0.1) is 17.6 Å². The van der Waals surface area contributed by atoms with Gasteiger partial charge in [0.2, 0.25) is 5.91 Å². The van der Waals surface area contributed by atoms with Gasteiger partial charge in [0.1, 0.15) is 0 Å². The highest BCUT2D eigenvalue weighted by Crippen LogP contribution is 2.13. The zero-order valence-electron chi connectivity index (χ0n) is 12.9. The summed E-state index contributed by atoms with van der Waals surface area (Å²) >= 11 is 0. The molecule has 1 aromatic rings. The highest BCUT2D eigenvalue weighted by molar-refractivity contribution is 5.97. The Morgan fingerprint density at radius 3 is 2.65 bits per heavy atom. The van der Waals surface area contributed by atoms with Crippen molar-refractivity contribution in [2.75, 3.05) is 13.1 Å². The number of ketones is 1. The molecule has 2 rings (SSSR count). The van der Waals surface area contributed by atoms with E-state index < -0.39 is 11.6 Å². The van der Waals surface area contributed by atoms with E-state index in [1.54, 1.807) is 0 Å². The molecule has 1 aromatic carbocycles. The molecule has 1 aliphatic heterocycles. The number of carbonyl (C=O) groups excluding carboxylic acids is 2. The normalized spacial score (nSPS) is 20.5. The summed E-state index contributed by atoms with van der Waals surface area (Å²) in [5.74, 6) is -2.22. The molecule has 1 saturated heterocycles. The number of halogens is 3. The molecule has 2 atom stereocenters. The number of benzene rings is 1. The minimum absolute atomic E-state index is 0. The predicted octanol–water partition coefficient (Wildman–Crippen LogP) is 2.46. The molecule has 1 amide bonds. The van der Waals surface area contributed by atoms with Crippen LogP contribution in [0.5, 0.6) is 0 Å². The monoisotopic (exact) mass is 346 g/mol. The molecule has 128 valence electrons. The van der Waals surface area contributed by atoms with E-state index in [1.165, 1.54) is 6.07 Å². The topological polar surface area (TPSA) is 58.2 Å². The fraction of sp³-hybridized carbons (Fsp3) is 0.500. The zero-order chi connectivity index (χ0) is 16.1. The van der Waals surface area contributed by atoms with Crippen LogP contribution in [0.4, 0.5) is 8.78 Å². The molecule has 7 heteroatoms. The molecule has 2 N–H and O–H groups in total. The number of Topliss-reactive ketones (excluding diaryl/α,β-unsaturated/α-hetero) is 1. The Bertz CT molecular complexity index is 569. The van der Waals surface area contributed by atoms with Gasteiger partial charge >= 0.3 is 0 Å². The van der Waals surface area contributed by atoms with Gasteiger partial charge in [-0.15, -0.1) is 12.4 Å². The first kappa shape index (κ1) is 19.5. The lowest BCUT2D eigenvalue weighted by molar-refractivity contribution is -0.122. The summed E-state index contributed by atoms with van der Waals surface area (Å²) in [6.45, 7) is 3.75. The second kappa shape index (κ2) is 8.93. The molecule has 1 heterocycles. The number of hydrogen-bond acceptors (Lipinski definition) is 3. The Morgan fingerprint density at radius 2 is 2.00 bits per heavy atom. The second-order valence-electron chi connectivity index (χ2n) is 5.70. The van der Waals surface area contributed by atoms with Gasteiger partial charge in [-0.25, -0.2) is 8.78 Å². The number of nitrogens with one attached hydrogen (secondary N) is 2. The van der Waals surface area contributed by atoms with E-state index in [-0.39, 0.29) is 48.5 Å². The molecule has 0 aromatic heterocycles. The maximum Gasteiger partial charge on any atom is 0.220 e. The summed E-state index contributed by atoms with van der Waals surface area (Å²) in [5, 5.41) is 6.12. The third kappa shape index (κ3) is 5.55. The lowest BCUT2D eigenvalue weighted by atomic mass is 9.94. The fourth-order valence-corrected chi connectivity index (χ4v) is 2.50. The van der Waals surface area contributed by atoms with Gasteiger partial charge < -0.3 is 10.6 Å². The van der Waals surface area contributed by atoms with Crippen LogP contribution in [0.3, 0.4) is 0 Å². The minimum Gasteiger partial charge on any atom is -0.352 e. The van der Waals surface area contributed by atoms with E-state index in [0.717, 1.165) is 31.6 Å². The Labute approximate surface area is 140 Å². The molecular formula is C16H21ClF2N2O2. The van der Waals surface area contributed by atoms with Crippen LogP contribution in [0.15, 0.2) is 18.2 Å². The third-order valence-electron chi connectivity index (χ3n) is 3.99. The van der Waals surface area contributed by atoms with Crippen molar-refractivity contribution in [2.45, 2.75) is 32.2 Å². The van der Waals surface area contributed by atoms with Crippen LogP contribution in [0.2, 0.25) is 0 Å². The van der Waals surface area contributed by atoms with Crippen molar-refractivity contribution in [2.24, 2.45) is 5.92 Å². The molecule has 1 fully saturated rings. The molecule has 0 bridgehead atoms. The average Bonchev–Trinajstić information content (AvgIpc) is 2.50. The molecule has 0 radical (unpaired) electrons. The summed E-state index contributed by atoms with van der Waals surface area (Å²) in [5.41, 5.74) is 0.0828. The number of hydrogen-bond donors (Lipinski definition) is 2. The summed E-state index contributed by atoms with van der Waals surface area (Å²) < 4.78 is 25.9. The fourth-order valence-electron chi connectivity index (χ4n) is 2.50. The third-order valence-corrected chi connectivity index (χ3v) is 3.99. The van der Waals surface area contributed by atoms with Crippen LogP contribution >= 0.6 is 12.4 Å². The molecule has 23 heavy (non-hydrogen) atoms. The standard InChI is InChI=1S/C16H20F2N2O2.ClH/c1-10-6-7-19-9-14(10)20-16(22)5-4-15(21)11-2-3-12(17)13(18)8-11;/h2-3,8,10,14,19H,4-7,9H2,1H3,(H,20,22);1H. The predicted molar refractivity (Wildman–Crippen MR) is 85.8 cm³/mol. The van der Waals surface area contributed by atoms with E-state index in [1.807, 2.05) is 0 Å². The molecule has 0 spiro atoms. The van der Waals surface area contributed by atoms with Crippen molar-refractivity contribution < 1.29 is 18.4 Å². The van der Waals surface area contributed by atoms with Crippen LogP contribution in [-0.4, -0.2) is 30.8 Å². The molecular weight excluding hydrogens is 326 g/mol. The van der Waals surface area contributed by atoms with Gasteiger partial charge in [0.25, 0.3) is 0 Å². The molecule has 4 nitrogen and oxygen atoms in total. The van der Waals surface area contributed by atoms with Gasteiger partial charge in [-0.05, 0) is 37.1 Å². The highest BCUT2D eigenvalue weighted by atomic mass is 35.5. The Morgan fingerprint density at radius 1 is 1.26 bits per heavy atom. The van der Waals surface area contributed by atoms with Crippen molar-refractivity contribution in [3.8, 4) is 0 Å². The lowest BCUT2D eigenvalue weighted by Gasteiger charge is -2.30. The highest BCUT2D eigenvalue weighted by Gasteiger charge is 2.22. The van der Waals surface area contributed by atoms with Gasteiger partial charge in [0, 0.05) is 31.0 Å². The summed E-state index contributed by atoms with van der Waals surface area (Å²) in [6, 6.07) is 3.08. The summed E-state index contributed by atoms with van der Waals surface area (Å²) in [7, 11) is 0. The van der Waals surface area contributed by atoms with E-state index in [2.05, 4.69) is 17.6 Å². The van der Waals surface area contributed by atoms with E-state index in [9.17, 15) is 18.4 Å². The van der Waals surface area contributed by atoms with Crippen LogP contribution in [0.25, 0.3) is 0 Å². The van der Waals surface area contributed by atoms with E-state index in [0.29, 0.717) is 5.92 Å². The number of amides is 1.